The molecule has 0 aliphatic heterocycles. The van der Waals surface area contributed by atoms with Crippen LogP contribution in [0, 0.1) is 6.92 Å². The minimum Gasteiger partial charge on any atom is -0.480 e. The number of benzene rings is 1. The lowest BCUT2D eigenvalue weighted by Gasteiger charge is -2.20. The summed E-state index contributed by atoms with van der Waals surface area (Å²) in [4.78, 5) is 27.7. The van der Waals surface area contributed by atoms with Crippen LogP contribution in [0.25, 0.3) is 10.9 Å². The molecule has 1 heterocycles. The fourth-order valence-corrected chi connectivity index (χ4v) is 2.63. The molecule has 2 rings (SSSR count). The van der Waals surface area contributed by atoms with E-state index in [1.165, 1.54) is 12.0 Å². The molecule has 23 heavy (non-hydrogen) atoms. The lowest BCUT2D eigenvalue weighted by atomic mass is 10.1. The predicted molar refractivity (Wildman–Crippen MR) is 87.4 cm³/mol. The van der Waals surface area contributed by atoms with E-state index in [0.29, 0.717) is 13.0 Å². The van der Waals surface area contributed by atoms with Crippen LogP contribution in [0.3, 0.4) is 0 Å². The monoisotopic (exact) mass is 318 g/mol. The second kappa shape index (κ2) is 7.78. The average Bonchev–Trinajstić information content (AvgIpc) is 2.93. The fourth-order valence-electron chi connectivity index (χ4n) is 2.63. The maximum atomic E-state index is 12.3. The van der Waals surface area contributed by atoms with Gasteiger partial charge in [-0.25, -0.2) is 0 Å². The molecular formula is C17H22N2O4. The second-order valence-corrected chi connectivity index (χ2v) is 5.51. The summed E-state index contributed by atoms with van der Waals surface area (Å²) >= 11 is 0. The number of aliphatic carboxylic acids is 1. The van der Waals surface area contributed by atoms with Crippen molar-refractivity contribution in [3.8, 4) is 0 Å². The molecule has 1 aromatic carbocycles. The van der Waals surface area contributed by atoms with Gasteiger partial charge in [0, 0.05) is 37.2 Å². The molecule has 0 fully saturated rings. The summed E-state index contributed by atoms with van der Waals surface area (Å²) in [6.07, 6.45) is 2.77. The summed E-state index contributed by atoms with van der Waals surface area (Å²) < 4.78 is 4.93. The smallest absolute Gasteiger partial charge is 0.323 e. The summed E-state index contributed by atoms with van der Waals surface area (Å²) in [5.74, 6) is -1.19. The van der Waals surface area contributed by atoms with Crippen molar-refractivity contribution in [3.63, 3.8) is 0 Å². The Morgan fingerprint density at radius 1 is 1.35 bits per heavy atom. The zero-order valence-corrected chi connectivity index (χ0v) is 13.5. The van der Waals surface area contributed by atoms with Gasteiger partial charge in [-0.05, 0) is 24.5 Å². The Morgan fingerprint density at radius 3 is 2.83 bits per heavy atom. The zero-order chi connectivity index (χ0) is 16.8. The number of carboxylic acid groups (broad SMARTS) is 1. The van der Waals surface area contributed by atoms with Gasteiger partial charge in [-0.3, -0.25) is 9.59 Å². The molecule has 0 saturated heterocycles. The molecule has 2 N–H and O–H groups in total. The fraction of sp³-hybridized carbons (Fsp3) is 0.412. The molecule has 0 aliphatic rings. The molecule has 0 bridgehead atoms. The van der Waals surface area contributed by atoms with Crippen molar-refractivity contribution in [2.24, 2.45) is 0 Å². The molecular weight excluding hydrogens is 296 g/mol. The minimum absolute atomic E-state index is 0.175. The second-order valence-electron chi connectivity index (χ2n) is 5.51. The summed E-state index contributed by atoms with van der Waals surface area (Å²) in [6.45, 7) is 2.35. The van der Waals surface area contributed by atoms with E-state index >= 15 is 0 Å². The first-order valence-electron chi connectivity index (χ1n) is 7.57. The number of fused-ring (bicyclic) bond motifs is 1. The van der Waals surface area contributed by atoms with Crippen molar-refractivity contribution in [3.05, 3.63) is 35.5 Å². The topological polar surface area (TPSA) is 82.6 Å². The average molecular weight is 318 g/mol. The number of amides is 1. The van der Waals surface area contributed by atoms with Crippen molar-refractivity contribution in [1.29, 1.82) is 0 Å². The number of H-pyrrole nitrogens is 1. The van der Waals surface area contributed by atoms with Gasteiger partial charge in [0.25, 0.3) is 0 Å². The molecule has 0 radical (unpaired) electrons. The van der Waals surface area contributed by atoms with E-state index in [9.17, 15) is 9.59 Å². The lowest BCUT2D eigenvalue weighted by Crippen LogP contribution is -2.38. The minimum atomic E-state index is -1.02. The third-order valence-corrected chi connectivity index (χ3v) is 3.86. The number of methoxy groups -OCH3 is 1. The molecule has 0 unspecified atom stereocenters. The summed E-state index contributed by atoms with van der Waals surface area (Å²) in [5.41, 5.74) is 3.31. The number of ether oxygens (including phenoxy) is 1. The van der Waals surface area contributed by atoms with Crippen molar-refractivity contribution in [2.45, 2.75) is 19.8 Å². The zero-order valence-electron chi connectivity index (χ0n) is 13.5. The van der Waals surface area contributed by atoms with Gasteiger partial charge in [-0.15, -0.1) is 0 Å². The van der Waals surface area contributed by atoms with Crippen LogP contribution in [0.2, 0.25) is 0 Å². The van der Waals surface area contributed by atoms with Gasteiger partial charge >= 0.3 is 5.97 Å². The summed E-state index contributed by atoms with van der Waals surface area (Å²) in [7, 11) is 1.53. The Kier molecular flexibility index (Phi) is 5.76. The predicted octanol–water partition coefficient (Wildman–Crippen LogP) is 1.97. The molecule has 0 spiro atoms. The summed E-state index contributed by atoms with van der Waals surface area (Å²) in [5, 5.41) is 10.0. The number of carboxylic acids is 1. The molecule has 1 aromatic heterocycles. The van der Waals surface area contributed by atoms with Crippen molar-refractivity contribution < 1.29 is 19.4 Å². The Bertz CT molecular complexity index is 693. The van der Waals surface area contributed by atoms with Crippen molar-refractivity contribution in [2.75, 3.05) is 26.8 Å². The SMILES string of the molecule is COCCN(CC(=O)O)C(=O)CCc1c[nH]c2c(C)cccc12. The highest BCUT2D eigenvalue weighted by atomic mass is 16.5. The number of nitrogens with zero attached hydrogens (tertiary/aromatic N) is 1. The molecule has 124 valence electrons. The third kappa shape index (κ3) is 4.32. The summed E-state index contributed by atoms with van der Waals surface area (Å²) in [6, 6.07) is 6.05. The first-order valence-corrected chi connectivity index (χ1v) is 7.57. The quantitative estimate of drug-likeness (QED) is 0.779. The van der Waals surface area contributed by atoms with Crippen LogP contribution in [0.4, 0.5) is 0 Å². The number of aromatic nitrogens is 1. The molecule has 2 aromatic rings. The Balaban J connectivity index is 2.03. The highest BCUT2D eigenvalue weighted by molar-refractivity contribution is 5.87. The Hall–Kier alpha value is -2.34. The van der Waals surface area contributed by atoms with Crippen LogP contribution in [0.5, 0.6) is 0 Å². The van der Waals surface area contributed by atoms with E-state index in [1.54, 1.807) is 0 Å². The third-order valence-electron chi connectivity index (χ3n) is 3.86. The van der Waals surface area contributed by atoms with Gasteiger partial charge in [-0.2, -0.15) is 0 Å². The molecule has 6 nitrogen and oxygen atoms in total. The standard InChI is InChI=1S/C17H22N2O4/c1-12-4-3-5-14-13(10-18-17(12)14)6-7-15(20)19(8-9-23-2)11-16(21)22/h3-5,10,18H,6-9,11H2,1-2H3,(H,21,22). The van der Waals surface area contributed by atoms with E-state index in [1.807, 2.05) is 31.3 Å². The van der Waals surface area contributed by atoms with E-state index in [0.717, 1.165) is 22.0 Å². The number of carbonyl (C=O) groups excluding carboxylic acids is 1. The van der Waals surface area contributed by atoms with Gasteiger partial charge in [0.1, 0.15) is 6.54 Å². The van der Waals surface area contributed by atoms with E-state index in [2.05, 4.69) is 4.98 Å². The molecule has 1 amide bonds. The molecule has 0 saturated carbocycles. The maximum absolute atomic E-state index is 12.3. The van der Waals surface area contributed by atoms with Crippen LogP contribution in [0.1, 0.15) is 17.5 Å². The molecule has 6 heteroatoms. The maximum Gasteiger partial charge on any atom is 0.323 e. The number of para-hydroxylation sites is 1. The van der Waals surface area contributed by atoms with Gasteiger partial charge in [-0.1, -0.05) is 18.2 Å². The number of carbonyl (C=O) groups is 2. The lowest BCUT2D eigenvalue weighted by molar-refractivity contribution is -0.144. The Labute approximate surface area is 135 Å². The molecule has 0 atom stereocenters. The first kappa shape index (κ1) is 17.0. The Morgan fingerprint density at radius 2 is 2.13 bits per heavy atom. The number of aromatic amines is 1. The number of nitrogens with one attached hydrogen (secondary N) is 1. The van der Waals surface area contributed by atoms with E-state index in [-0.39, 0.29) is 25.4 Å². The highest BCUT2D eigenvalue weighted by Crippen LogP contribution is 2.22. The normalized spacial score (nSPS) is 10.9. The van der Waals surface area contributed by atoms with Crippen LogP contribution >= 0.6 is 0 Å². The first-order chi connectivity index (χ1) is 11.0. The molecule has 0 aliphatic carbocycles. The van der Waals surface area contributed by atoms with Gasteiger partial charge in [0.2, 0.25) is 5.91 Å². The number of hydrogen-bond acceptors (Lipinski definition) is 3. The van der Waals surface area contributed by atoms with Crippen molar-refractivity contribution in [1.82, 2.24) is 9.88 Å². The van der Waals surface area contributed by atoms with Crippen molar-refractivity contribution >= 4 is 22.8 Å². The van der Waals surface area contributed by atoms with Crippen LogP contribution in [-0.2, 0) is 20.7 Å². The van der Waals surface area contributed by atoms with Crippen LogP contribution in [-0.4, -0.2) is 53.7 Å². The van der Waals surface area contributed by atoms with Gasteiger partial charge in [0.15, 0.2) is 0 Å². The van der Waals surface area contributed by atoms with Crippen LogP contribution < -0.4 is 0 Å². The number of hydrogen-bond donors (Lipinski definition) is 2. The van der Waals surface area contributed by atoms with Crippen LogP contribution in [0.15, 0.2) is 24.4 Å². The highest BCUT2D eigenvalue weighted by Gasteiger charge is 2.17. The number of rotatable bonds is 8. The van der Waals surface area contributed by atoms with Gasteiger partial charge < -0.3 is 19.7 Å². The largest absolute Gasteiger partial charge is 0.480 e. The number of aryl methyl sites for hydroxylation is 2. The van der Waals surface area contributed by atoms with E-state index in [4.69, 9.17) is 9.84 Å². The van der Waals surface area contributed by atoms with Gasteiger partial charge in [0.05, 0.1) is 6.61 Å². The van der Waals surface area contributed by atoms with E-state index < -0.39 is 5.97 Å².